The van der Waals surface area contributed by atoms with Gasteiger partial charge in [-0.3, -0.25) is 9.59 Å². The first kappa shape index (κ1) is 14.7. The number of halogens is 1. The summed E-state index contributed by atoms with van der Waals surface area (Å²) in [6, 6.07) is 1.87. The minimum absolute atomic E-state index is 0.0231. The molecular formula is C14H18BrNO2S. The Kier molecular flexibility index (Phi) is 4.46. The summed E-state index contributed by atoms with van der Waals surface area (Å²) in [5, 5.41) is 1.88. The van der Waals surface area contributed by atoms with Gasteiger partial charge in [0.05, 0.1) is 11.4 Å². The smallest absolute Gasteiger partial charge is 0.222 e. The fourth-order valence-corrected chi connectivity index (χ4v) is 3.72. The Bertz CT molecular complexity index is 495. The third-order valence-corrected chi connectivity index (χ3v) is 5.51. The number of Topliss-reactive ketones (excluding diaryl/α,β-unsaturated/α-hetero) is 1. The first-order valence-electron chi connectivity index (χ1n) is 6.43. The molecule has 1 aromatic heterocycles. The minimum Gasteiger partial charge on any atom is -0.335 e. The number of carbonyl (C=O) groups excluding carboxylic acids is 2. The zero-order valence-corrected chi connectivity index (χ0v) is 13.6. The molecule has 2 rings (SSSR count). The van der Waals surface area contributed by atoms with Crippen LogP contribution in [0.5, 0.6) is 0 Å². The van der Waals surface area contributed by atoms with E-state index >= 15 is 0 Å². The van der Waals surface area contributed by atoms with Gasteiger partial charge in [-0.05, 0) is 45.6 Å². The Balaban J connectivity index is 2.04. The molecule has 0 aromatic carbocycles. The first-order chi connectivity index (χ1) is 8.89. The van der Waals surface area contributed by atoms with Crippen LogP contribution in [0.25, 0.3) is 0 Å². The second-order valence-electron chi connectivity index (χ2n) is 5.75. The van der Waals surface area contributed by atoms with E-state index in [-0.39, 0.29) is 23.7 Å². The third kappa shape index (κ3) is 3.66. The molecule has 0 aliphatic carbocycles. The Morgan fingerprint density at radius 2 is 2.21 bits per heavy atom. The number of likely N-dealkylation sites (tertiary alicyclic amines) is 1. The summed E-state index contributed by atoms with van der Waals surface area (Å²) in [7, 11) is 0. The van der Waals surface area contributed by atoms with Gasteiger partial charge in [-0.15, -0.1) is 11.3 Å². The molecule has 0 bridgehead atoms. The molecule has 1 aromatic rings. The number of hydrogen-bond donors (Lipinski definition) is 0. The van der Waals surface area contributed by atoms with E-state index in [1.54, 1.807) is 4.90 Å². The van der Waals surface area contributed by atoms with Gasteiger partial charge in [0.1, 0.15) is 0 Å². The van der Waals surface area contributed by atoms with Gasteiger partial charge in [-0.1, -0.05) is 13.8 Å². The molecule has 0 saturated carbocycles. The lowest BCUT2D eigenvalue weighted by molar-refractivity contribution is -0.130. The molecule has 0 radical (unpaired) electrons. The largest absolute Gasteiger partial charge is 0.335 e. The molecule has 19 heavy (non-hydrogen) atoms. The van der Waals surface area contributed by atoms with Crippen LogP contribution in [-0.2, 0) is 4.79 Å². The van der Waals surface area contributed by atoms with Crippen LogP contribution in [0, 0.1) is 5.41 Å². The molecular weight excluding hydrogens is 326 g/mol. The summed E-state index contributed by atoms with van der Waals surface area (Å²) < 4.78 is 0.824. The fraction of sp³-hybridized carbons (Fsp3) is 0.571. The van der Waals surface area contributed by atoms with E-state index in [9.17, 15) is 9.59 Å². The highest BCUT2D eigenvalue weighted by Crippen LogP contribution is 2.30. The van der Waals surface area contributed by atoms with E-state index in [1.165, 1.54) is 11.3 Å². The van der Waals surface area contributed by atoms with Crippen LogP contribution in [-0.4, -0.2) is 29.7 Å². The zero-order valence-electron chi connectivity index (χ0n) is 11.2. The minimum atomic E-state index is 0.0231. The highest BCUT2D eigenvalue weighted by molar-refractivity contribution is 9.10. The summed E-state index contributed by atoms with van der Waals surface area (Å²) in [5.41, 5.74) is 0.191. The zero-order chi connectivity index (χ0) is 14.0. The molecule has 104 valence electrons. The lowest BCUT2D eigenvalue weighted by Crippen LogP contribution is -2.35. The van der Waals surface area contributed by atoms with Crippen molar-refractivity contribution in [1.82, 2.24) is 4.90 Å². The molecule has 0 atom stereocenters. The van der Waals surface area contributed by atoms with Gasteiger partial charge in [0.15, 0.2) is 5.78 Å². The summed E-state index contributed by atoms with van der Waals surface area (Å²) in [4.78, 5) is 26.7. The van der Waals surface area contributed by atoms with Gasteiger partial charge in [0.25, 0.3) is 0 Å². The van der Waals surface area contributed by atoms with E-state index in [0.29, 0.717) is 17.8 Å². The van der Waals surface area contributed by atoms with E-state index in [1.807, 2.05) is 11.4 Å². The molecule has 1 saturated heterocycles. The molecule has 5 heteroatoms. The molecule has 1 amide bonds. The summed E-state index contributed by atoms with van der Waals surface area (Å²) in [5.74, 6) is 0.126. The lowest BCUT2D eigenvalue weighted by atomic mass is 9.85. The number of thiophene rings is 1. The van der Waals surface area contributed by atoms with Crippen LogP contribution >= 0.6 is 27.3 Å². The maximum atomic E-state index is 12.2. The highest BCUT2D eigenvalue weighted by atomic mass is 79.9. The Labute approximate surface area is 126 Å². The Hall–Kier alpha value is -0.680. The fourth-order valence-electron chi connectivity index (χ4n) is 2.20. The molecule has 1 aliphatic heterocycles. The van der Waals surface area contributed by atoms with Crippen LogP contribution in [0.1, 0.15) is 42.8 Å². The van der Waals surface area contributed by atoms with Crippen LogP contribution in [0.2, 0.25) is 0 Å². The van der Waals surface area contributed by atoms with Crippen molar-refractivity contribution in [3.05, 3.63) is 20.8 Å². The SMILES string of the molecule is CC1(C)CCC(=O)N(CC(=O)c2sccc2Br)CC1. The maximum absolute atomic E-state index is 12.2. The van der Waals surface area contributed by atoms with Gasteiger partial charge in [0.2, 0.25) is 5.91 Å². The lowest BCUT2D eigenvalue weighted by Gasteiger charge is -2.22. The van der Waals surface area contributed by atoms with E-state index in [4.69, 9.17) is 0 Å². The average Bonchev–Trinajstić information content (AvgIpc) is 2.72. The number of nitrogens with zero attached hydrogens (tertiary/aromatic N) is 1. The predicted octanol–water partition coefficient (Wildman–Crippen LogP) is 3.73. The first-order valence-corrected chi connectivity index (χ1v) is 8.10. The Morgan fingerprint density at radius 1 is 1.47 bits per heavy atom. The number of hydrogen-bond acceptors (Lipinski definition) is 3. The van der Waals surface area contributed by atoms with Crippen LogP contribution in [0.3, 0.4) is 0 Å². The van der Waals surface area contributed by atoms with Crippen molar-refractivity contribution in [3.8, 4) is 0 Å². The van der Waals surface area contributed by atoms with Crippen molar-refractivity contribution in [2.24, 2.45) is 5.41 Å². The molecule has 0 unspecified atom stereocenters. The monoisotopic (exact) mass is 343 g/mol. The summed E-state index contributed by atoms with van der Waals surface area (Å²) >= 11 is 4.78. The second-order valence-corrected chi connectivity index (χ2v) is 7.52. The maximum Gasteiger partial charge on any atom is 0.222 e. The molecule has 1 fully saturated rings. The third-order valence-electron chi connectivity index (χ3n) is 3.63. The molecule has 0 spiro atoms. The van der Waals surface area contributed by atoms with Crippen molar-refractivity contribution in [3.63, 3.8) is 0 Å². The van der Waals surface area contributed by atoms with Gasteiger partial charge in [-0.25, -0.2) is 0 Å². The van der Waals surface area contributed by atoms with Gasteiger partial charge in [-0.2, -0.15) is 0 Å². The van der Waals surface area contributed by atoms with Crippen molar-refractivity contribution in [2.75, 3.05) is 13.1 Å². The van der Waals surface area contributed by atoms with Crippen molar-refractivity contribution < 1.29 is 9.59 Å². The van der Waals surface area contributed by atoms with E-state index in [0.717, 1.165) is 17.3 Å². The normalized spacial score (nSPS) is 19.3. The van der Waals surface area contributed by atoms with E-state index in [2.05, 4.69) is 29.8 Å². The van der Waals surface area contributed by atoms with Crippen LogP contribution in [0.15, 0.2) is 15.9 Å². The summed E-state index contributed by atoms with van der Waals surface area (Å²) in [6.07, 6.45) is 2.41. The number of ketones is 1. The molecule has 2 heterocycles. The number of carbonyl (C=O) groups is 2. The number of rotatable bonds is 3. The van der Waals surface area contributed by atoms with Crippen LogP contribution in [0.4, 0.5) is 0 Å². The quantitative estimate of drug-likeness (QED) is 0.784. The molecule has 0 N–H and O–H groups in total. The summed E-state index contributed by atoms with van der Waals surface area (Å²) in [6.45, 7) is 5.25. The highest BCUT2D eigenvalue weighted by Gasteiger charge is 2.28. The molecule has 1 aliphatic rings. The van der Waals surface area contributed by atoms with Crippen molar-refractivity contribution >= 4 is 39.0 Å². The Morgan fingerprint density at radius 3 is 2.84 bits per heavy atom. The topological polar surface area (TPSA) is 37.4 Å². The van der Waals surface area contributed by atoms with Gasteiger partial charge in [0, 0.05) is 17.4 Å². The number of amides is 1. The van der Waals surface area contributed by atoms with Crippen molar-refractivity contribution in [2.45, 2.75) is 33.1 Å². The van der Waals surface area contributed by atoms with E-state index < -0.39 is 0 Å². The molecule has 3 nitrogen and oxygen atoms in total. The second kappa shape index (κ2) is 5.75. The van der Waals surface area contributed by atoms with Crippen molar-refractivity contribution in [1.29, 1.82) is 0 Å². The predicted molar refractivity (Wildman–Crippen MR) is 80.6 cm³/mol. The van der Waals surface area contributed by atoms with Crippen LogP contribution < -0.4 is 0 Å². The standard InChI is InChI=1S/C14H18BrNO2S/c1-14(2)5-3-12(18)16(7-6-14)9-11(17)13-10(15)4-8-19-13/h4,8H,3,5-7,9H2,1-2H3. The van der Waals surface area contributed by atoms with Gasteiger partial charge < -0.3 is 4.90 Å². The average molecular weight is 344 g/mol. The van der Waals surface area contributed by atoms with Gasteiger partial charge >= 0.3 is 0 Å².